The van der Waals surface area contributed by atoms with Crippen molar-refractivity contribution in [3.05, 3.63) is 48.2 Å². The third kappa shape index (κ3) is 3.46. The van der Waals surface area contributed by atoms with E-state index in [1.165, 1.54) is 19.3 Å². The van der Waals surface area contributed by atoms with E-state index in [1.54, 1.807) is 11.1 Å². The van der Waals surface area contributed by atoms with Gasteiger partial charge in [-0.2, -0.15) is 0 Å². The number of hydrogen-bond donors (Lipinski definition) is 1. The number of carbonyl (C=O) groups is 2. The minimum atomic E-state index is -0.505. The molecule has 2 aliphatic rings. The second-order valence-electron chi connectivity index (χ2n) is 7.44. The van der Waals surface area contributed by atoms with Gasteiger partial charge in [0.1, 0.15) is 11.9 Å². The van der Waals surface area contributed by atoms with Gasteiger partial charge in [0.05, 0.1) is 16.9 Å². The molecule has 2 amide bonds. The van der Waals surface area contributed by atoms with Gasteiger partial charge >= 0.3 is 0 Å². The Morgan fingerprint density at radius 3 is 2.64 bits per heavy atom. The highest BCUT2D eigenvalue weighted by atomic mass is 16.2. The number of piperidine rings is 1. The highest BCUT2D eigenvalue weighted by Gasteiger charge is 2.36. The number of aromatic nitrogens is 1. The standard InChI is InChI=1S/C22H26N4O2/c1-2-8-19-21(27)24-17-9-4-5-10-18(17)26(19)22(28)16-11-12-20(23-15-16)25-13-6-3-7-14-25/h4-5,9-12,15,19H,2-3,6-8,13-14H2,1H3,(H,24,27)/t19-/m0/s1. The molecule has 0 unspecified atom stereocenters. The molecule has 2 aliphatic heterocycles. The van der Waals surface area contributed by atoms with E-state index >= 15 is 0 Å². The summed E-state index contributed by atoms with van der Waals surface area (Å²) in [7, 11) is 0. The van der Waals surface area contributed by atoms with Gasteiger partial charge in [-0.3, -0.25) is 14.5 Å². The Bertz CT molecular complexity index is 859. The van der Waals surface area contributed by atoms with Crippen LogP contribution in [0.4, 0.5) is 17.2 Å². The monoisotopic (exact) mass is 378 g/mol. The zero-order valence-corrected chi connectivity index (χ0v) is 16.2. The largest absolute Gasteiger partial charge is 0.357 e. The summed E-state index contributed by atoms with van der Waals surface area (Å²) < 4.78 is 0. The molecule has 1 saturated heterocycles. The third-order valence-corrected chi connectivity index (χ3v) is 5.49. The van der Waals surface area contributed by atoms with Gasteiger partial charge < -0.3 is 10.2 Å². The molecule has 1 N–H and O–H groups in total. The van der Waals surface area contributed by atoms with Gasteiger partial charge in [-0.15, -0.1) is 0 Å². The lowest BCUT2D eigenvalue weighted by Gasteiger charge is -2.36. The van der Waals surface area contributed by atoms with Gasteiger partial charge in [0.25, 0.3) is 5.91 Å². The van der Waals surface area contributed by atoms with Crippen molar-refractivity contribution in [1.82, 2.24) is 4.98 Å². The number of nitrogens with one attached hydrogen (secondary N) is 1. The number of anilines is 3. The third-order valence-electron chi connectivity index (χ3n) is 5.49. The van der Waals surface area contributed by atoms with Crippen LogP contribution in [0.2, 0.25) is 0 Å². The van der Waals surface area contributed by atoms with Crippen molar-refractivity contribution in [3.63, 3.8) is 0 Å². The van der Waals surface area contributed by atoms with Crippen LogP contribution >= 0.6 is 0 Å². The Labute approximate surface area is 165 Å². The molecule has 1 aromatic heterocycles. The average molecular weight is 378 g/mol. The molecule has 146 valence electrons. The molecule has 0 radical (unpaired) electrons. The molecule has 0 saturated carbocycles. The zero-order chi connectivity index (χ0) is 19.5. The van der Waals surface area contributed by atoms with Crippen LogP contribution in [-0.2, 0) is 4.79 Å². The maximum Gasteiger partial charge on any atom is 0.260 e. The summed E-state index contributed by atoms with van der Waals surface area (Å²) >= 11 is 0. The topological polar surface area (TPSA) is 65.5 Å². The van der Waals surface area contributed by atoms with E-state index in [1.807, 2.05) is 43.3 Å². The molecule has 1 fully saturated rings. The molecule has 1 atom stereocenters. The number of hydrogen-bond acceptors (Lipinski definition) is 4. The summed E-state index contributed by atoms with van der Waals surface area (Å²) in [6.07, 6.45) is 6.70. The van der Waals surface area contributed by atoms with E-state index < -0.39 is 6.04 Å². The van der Waals surface area contributed by atoms with Gasteiger partial charge in [-0.25, -0.2) is 4.98 Å². The highest BCUT2D eigenvalue weighted by molar-refractivity contribution is 6.16. The van der Waals surface area contributed by atoms with Crippen LogP contribution in [0.25, 0.3) is 0 Å². The molecular formula is C22H26N4O2. The Balaban J connectivity index is 1.64. The zero-order valence-electron chi connectivity index (χ0n) is 16.2. The van der Waals surface area contributed by atoms with E-state index in [-0.39, 0.29) is 11.8 Å². The first-order valence-electron chi connectivity index (χ1n) is 10.1. The van der Waals surface area contributed by atoms with Crippen molar-refractivity contribution in [2.45, 2.75) is 45.1 Å². The molecule has 4 rings (SSSR count). The molecular weight excluding hydrogens is 352 g/mol. The first-order chi connectivity index (χ1) is 13.7. The summed E-state index contributed by atoms with van der Waals surface area (Å²) in [4.78, 5) is 34.4. The fourth-order valence-electron chi connectivity index (χ4n) is 4.04. The Kier molecular flexibility index (Phi) is 5.28. The van der Waals surface area contributed by atoms with E-state index in [9.17, 15) is 9.59 Å². The van der Waals surface area contributed by atoms with Crippen LogP contribution < -0.4 is 15.1 Å². The molecule has 0 bridgehead atoms. The Morgan fingerprint density at radius 2 is 1.93 bits per heavy atom. The number of pyridine rings is 1. The maximum absolute atomic E-state index is 13.4. The molecule has 0 aliphatic carbocycles. The van der Waals surface area contributed by atoms with Crippen molar-refractivity contribution in [3.8, 4) is 0 Å². The van der Waals surface area contributed by atoms with Crippen LogP contribution in [0.3, 0.4) is 0 Å². The second-order valence-corrected chi connectivity index (χ2v) is 7.44. The molecule has 0 spiro atoms. The number of rotatable bonds is 4. The lowest BCUT2D eigenvalue weighted by atomic mass is 10.0. The van der Waals surface area contributed by atoms with Crippen molar-refractivity contribution >= 4 is 29.0 Å². The first-order valence-corrected chi connectivity index (χ1v) is 10.1. The van der Waals surface area contributed by atoms with Crippen LogP contribution in [-0.4, -0.2) is 35.9 Å². The Morgan fingerprint density at radius 1 is 1.14 bits per heavy atom. The lowest BCUT2D eigenvalue weighted by Crippen LogP contribution is -2.51. The summed E-state index contributed by atoms with van der Waals surface area (Å²) in [6.45, 7) is 4.04. The van der Waals surface area contributed by atoms with Crippen molar-refractivity contribution in [2.75, 3.05) is 28.2 Å². The molecule has 28 heavy (non-hydrogen) atoms. The van der Waals surface area contributed by atoms with Crippen LogP contribution in [0.1, 0.15) is 49.4 Å². The predicted molar refractivity (Wildman–Crippen MR) is 111 cm³/mol. The van der Waals surface area contributed by atoms with Crippen LogP contribution in [0.5, 0.6) is 0 Å². The minimum absolute atomic E-state index is 0.133. The molecule has 6 heteroatoms. The van der Waals surface area contributed by atoms with E-state index in [4.69, 9.17) is 0 Å². The van der Waals surface area contributed by atoms with Crippen molar-refractivity contribution < 1.29 is 9.59 Å². The number of nitrogens with zero attached hydrogens (tertiary/aromatic N) is 3. The van der Waals surface area contributed by atoms with Crippen LogP contribution in [0.15, 0.2) is 42.6 Å². The van der Waals surface area contributed by atoms with Gasteiger partial charge in [0.2, 0.25) is 5.91 Å². The fraction of sp³-hybridized carbons (Fsp3) is 0.409. The lowest BCUT2D eigenvalue weighted by molar-refractivity contribution is -0.117. The maximum atomic E-state index is 13.4. The minimum Gasteiger partial charge on any atom is -0.357 e. The summed E-state index contributed by atoms with van der Waals surface area (Å²) in [5, 5.41) is 2.93. The molecule has 1 aromatic carbocycles. The quantitative estimate of drug-likeness (QED) is 0.878. The number of carbonyl (C=O) groups excluding carboxylic acids is 2. The second kappa shape index (κ2) is 8.00. The van der Waals surface area contributed by atoms with Gasteiger partial charge in [0.15, 0.2) is 0 Å². The molecule has 2 aromatic rings. The highest BCUT2D eigenvalue weighted by Crippen LogP contribution is 2.34. The van der Waals surface area contributed by atoms with Crippen molar-refractivity contribution in [2.24, 2.45) is 0 Å². The van der Waals surface area contributed by atoms with E-state index in [0.29, 0.717) is 17.7 Å². The smallest absolute Gasteiger partial charge is 0.260 e. The van der Waals surface area contributed by atoms with Crippen molar-refractivity contribution in [1.29, 1.82) is 0 Å². The number of para-hydroxylation sites is 2. The average Bonchev–Trinajstić information content (AvgIpc) is 2.75. The SMILES string of the molecule is CCC[C@H]1C(=O)Nc2ccccc2N1C(=O)c1ccc(N2CCCCC2)nc1. The first kappa shape index (κ1) is 18.5. The number of amides is 2. The summed E-state index contributed by atoms with van der Waals surface area (Å²) in [5.41, 5.74) is 1.92. The summed E-state index contributed by atoms with van der Waals surface area (Å²) in [5.74, 6) is 0.600. The van der Waals surface area contributed by atoms with E-state index in [0.717, 1.165) is 31.0 Å². The fourth-order valence-corrected chi connectivity index (χ4v) is 4.04. The molecule has 6 nitrogen and oxygen atoms in total. The van der Waals surface area contributed by atoms with Gasteiger partial charge in [-0.05, 0) is 49.9 Å². The predicted octanol–water partition coefficient (Wildman–Crippen LogP) is 3.84. The summed E-state index contributed by atoms with van der Waals surface area (Å²) in [6, 6.07) is 10.7. The normalized spacial score (nSPS) is 19.2. The number of fused-ring (bicyclic) bond motifs is 1. The Hall–Kier alpha value is -2.89. The van der Waals surface area contributed by atoms with Gasteiger partial charge in [0, 0.05) is 19.3 Å². The molecule has 3 heterocycles. The van der Waals surface area contributed by atoms with E-state index in [2.05, 4.69) is 15.2 Å². The van der Waals surface area contributed by atoms with Crippen LogP contribution in [0, 0.1) is 0 Å². The van der Waals surface area contributed by atoms with Gasteiger partial charge in [-0.1, -0.05) is 25.5 Å². The number of benzene rings is 1.